The predicted octanol–water partition coefficient (Wildman–Crippen LogP) is 4.61. The molecule has 0 aromatic heterocycles. The zero-order valence-electron chi connectivity index (χ0n) is 12.4. The lowest BCUT2D eigenvalue weighted by Gasteiger charge is -2.24. The first-order valence-corrected chi connectivity index (χ1v) is 7.19. The van der Waals surface area contributed by atoms with E-state index in [4.69, 9.17) is 10.5 Å². The molecule has 2 heteroatoms. The Morgan fingerprint density at radius 1 is 0.810 bits per heavy atom. The van der Waals surface area contributed by atoms with Crippen LogP contribution < -0.4 is 0 Å². The number of nitrogens with zero attached hydrogens (tertiary/aromatic N) is 2. The van der Waals surface area contributed by atoms with Crippen molar-refractivity contribution in [2.75, 3.05) is 0 Å². The lowest BCUT2D eigenvalue weighted by molar-refractivity contribution is 0.496. The van der Waals surface area contributed by atoms with Gasteiger partial charge in [0.2, 0.25) is 0 Å². The van der Waals surface area contributed by atoms with Gasteiger partial charge in [-0.2, -0.15) is 10.5 Å². The Hall–Kier alpha value is -2.58. The van der Waals surface area contributed by atoms with E-state index < -0.39 is 0 Å². The van der Waals surface area contributed by atoms with Gasteiger partial charge in [-0.05, 0) is 41.3 Å². The number of nitriles is 2. The van der Waals surface area contributed by atoms with E-state index in [2.05, 4.69) is 26.0 Å². The highest BCUT2D eigenvalue weighted by atomic mass is 14.3. The minimum atomic E-state index is 0.287. The monoisotopic (exact) mass is 274 g/mol. The molecule has 2 aromatic carbocycles. The molecule has 2 aromatic rings. The van der Waals surface area contributed by atoms with Gasteiger partial charge in [-0.15, -0.1) is 0 Å². The molecular formula is C19H18N2. The first-order chi connectivity index (χ1) is 10.2. The van der Waals surface area contributed by atoms with Crippen molar-refractivity contribution in [3.8, 4) is 12.1 Å². The van der Waals surface area contributed by atoms with E-state index in [1.54, 1.807) is 0 Å². The van der Waals surface area contributed by atoms with Crippen LogP contribution in [0.25, 0.3) is 0 Å². The van der Waals surface area contributed by atoms with Gasteiger partial charge in [0.25, 0.3) is 0 Å². The topological polar surface area (TPSA) is 47.6 Å². The van der Waals surface area contributed by atoms with Crippen molar-refractivity contribution in [3.63, 3.8) is 0 Å². The van der Waals surface area contributed by atoms with Crippen molar-refractivity contribution in [2.24, 2.45) is 5.92 Å². The van der Waals surface area contributed by atoms with Crippen LogP contribution in [0.3, 0.4) is 0 Å². The highest BCUT2D eigenvalue weighted by Crippen LogP contribution is 2.34. The molecule has 0 bridgehead atoms. The van der Waals surface area contributed by atoms with Crippen molar-refractivity contribution in [2.45, 2.75) is 26.2 Å². The van der Waals surface area contributed by atoms with E-state index in [-0.39, 0.29) is 5.92 Å². The summed E-state index contributed by atoms with van der Waals surface area (Å²) >= 11 is 0. The van der Waals surface area contributed by atoms with Crippen LogP contribution in [0.4, 0.5) is 0 Å². The largest absolute Gasteiger partial charge is 0.192 e. The SMILES string of the molecule is CCC(C)C(c1ccc(C#N)cc1)c1ccc(C#N)cc1. The van der Waals surface area contributed by atoms with E-state index in [1.807, 2.05) is 48.5 Å². The predicted molar refractivity (Wildman–Crippen MR) is 83.6 cm³/mol. The zero-order valence-corrected chi connectivity index (χ0v) is 12.4. The van der Waals surface area contributed by atoms with Gasteiger partial charge in [-0.1, -0.05) is 44.5 Å². The van der Waals surface area contributed by atoms with Gasteiger partial charge in [0.05, 0.1) is 23.3 Å². The average molecular weight is 274 g/mol. The summed E-state index contributed by atoms with van der Waals surface area (Å²) in [4.78, 5) is 0. The Kier molecular flexibility index (Phi) is 4.75. The molecule has 0 aliphatic heterocycles. The van der Waals surface area contributed by atoms with E-state index in [0.29, 0.717) is 17.0 Å². The summed E-state index contributed by atoms with van der Waals surface area (Å²) < 4.78 is 0. The van der Waals surface area contributed by atoms with E-state index >= 15 is 0 Å². The lowest BCUT2D eigenvalue weighted by Crippen LogP contribution is -2.11. The second-order valence-electron chi connectivity index (χ2n) is 5.33. The quantitative estimate of drug-likeness (QED) is 0.817. The van der Waals surface area contributed by atoms with E-state index in [9.17, 15) is 0 Å². The third kappa shape index (κ3) is 3.30. The summed E-state index contributed by atoms with van der Waals surface area (Å²) in [7, 11) is 0. The van der Waals surface area contributed by atoms with Crippen LogP contribution in [0, 0.1) is 28.6 Å². The van der Waals surface area contributed by atoms with Crippen LogP contribution in [-0.4, -0.2) is 0 Å². The minimum absolute atomic E-state index is 0.287. The summed E-state index contributed by atoms with van der Waals surface area (Å²) in [6.07, 6.45) is 1.07. The lowest BCUT2D eigenvalue weighted by atomic mass is 9.80. The second-order valence-corrected chi connectivity index (χ2v) is 5.33. The molecule has 1 atom stereocenters. The van der Waals surface area contributed by atoms with Crippen molar-refractivity contribution in [3.05, 3.63) is 70.8 Å². The van der Waals surface area contributed by atoms with Crippen LogP contribution in [0.1, 0.15) is 48.4 Å². The second kappa shape index (κ2) is 6.73. The van der Waals surface area contributed by atoms with Gasteiger partial charge in [0.1, 0.15) is 0 Å². The Morgan fingerprint density at radius 3 is 1.48 bits per heavy atom. The Balaban J connectivity index is 2.42. The first-order valence-electron chi connectivity index (χ1n) is 7.19. The minimum Gasteiger partial charge on any atom is -0.192 e. The Bertz CT molecular complexity index is 612. The molecule has 0 N–H and O–H groups in total. The van der Waals surface area contributed by atoms with Crippen LogP contribution in [0.5, 0.6) is 0 Å². The van der Waals surface area contributed by atoms with Crippen molar-refractivity contribution < 1.29 is 0 Å². The first kappa shape index (κ1) is 14.8. The van der Waals surface area contributed by atoms with Crippen molar-refractivity contribution >= 4 is 0 Å². The van der Waals surface area contributed by atoms with Crippen molar-refractivity contribution in [1.82, 2.24) is 0 Å². The van der Waals surface area contributed by atoms with E-state index in [1.165, 1.54) is 11.1 Å². The fourth-order valence-corrected chi connectivity index (χ4v) is 2.62. The molecule has 0 saturated carbocycles. The highest BCUT2D eigenvalue weighted by molar-refractivity contribution is 5.40. The molecule has 0 heterocycles. The highest BCUT2D eigenvalue weighted by Gasteiger charge is 2.20. The fraction of sp³-hybridized carbons (Fsp3) is 0.263. The Morgan fingerprint density at radius 2 is 1.19 bits per heavy atom. The maximum Gasteiger partial charge on any atom is 0.0991 e. The summed E-state index contributed by atoms with van der Waals surface area (Å²) in [5.41, 5.74) is 3.80. The van der Waals surface area contributed by atoms with Gasteiger partial charge >= 0.3 is 0 Å². The number of benzene rings is 2. The molecule has 0 saturated heterocycles. The third-order valence-corrected chi connectivity index (χ3v) is 4.01. The molecule has 21 heavy (non-hydrogen) atoms. The summed E-state index contributed by atoms with van der Waals surface area (Å²) in [5.74, 6) is 0.779. The molecule has 2 nitrogen and oxygen atoms in total. The van der Waals surface area contributed by atoms with Gasteiger partial charge in [-0.3, -0.25) is 0 Å². The van der Waals surface area contributed by atoms with Gasteiger partial charge in [-0.25, -0.2) is 0 Å². The molecule has 0 amide bonds. The molecule has 104 valence electrons. The average Bonchev–Trinajstić information content (AvgIpc) is 2.56. The van der Waals surface area contributed by atoms with Gasteiger partial charge in [0, 0.05) is 5.92 Å². The molecule has 0 spiro atoms. The molecule has 0 radical (unpaired) electrons. The van der Waals surface area contributed by atoms with Crippen LogP contribution in [-0.2, 0) is 0 Å². The molecule has 0 aliphatic carbocycles. The van der Waals surface area contributed by atoms with Crippen molar-refractivity contribution in [1.29, 1.82) is 10.5 Å². The molecule has 0 fully saturated rings. The standard InChI is InChI=1S/C19H18N2/c1-3-14(2)19(17-8-4-15(12-20)5-9-17)18-10-6-16(13-21)7-11-18/h4-11,14,19H,3H2,1-2H3. The number of hydrogen-bond donors (Lipinski definition) is 0. The molecule has 0 aliphatic rings. The normalized spacial score (nSPS) is 11.7. The molecule has 2 rings (SSSR count). The molecular weight excluding hydrogens is 256 g/mol. The van der Waals surface area contributed by atoms with Crippen LogP contribution >= 0.6 is 0 Å². The summed E-state index contributed by atoms with van der Waals surface area (Å²) in [5, 5.41) is 17.8. The van der Waals surface area contributed by atoms with Crippen LogP contribution in [0.2, 0.25) is 0 Å². The fourth-order valence-electron chi connectivity index (χ4n) is 2.62. The van der Waals surface area contributed by atoms with Gasteiger partial charge in [0.15, 0.2) is 0 Å². The van der Waals surface area contributed by atoms with Crippen LogP contribution in [0.15, 0.2) is 48.5 Å². The summed E-state index contributed by atoms with van der Waals surface area (Å²) in [6.45, 7) is 4.42. The zero-order chi connectivity index (χ0) is 15.2. The Labute approximate surface area is 126 Å². The smallest absolute Gasteiger partial charge is 0.0991 e. The molecule has 1 unspecified atom stereocenters. The maximum atomic E-state index is 8.92. The number of hydrogen-bond acceptors (Lipinski definition) is 2. The van der Waals surface area contributed by atoms with E-state index in [0.717, 1.165) is 6.42 Å². The number of rotatable bonds is 4. The maximum absolute atomic E-state index is 8.92. The van der Waals surface area contributed by atoms with Gasteiger partial charge < -0.3 is 0 Å². The third-order valence-electron chi connectivity index (χ3n) is 4.01. The summed E-state index contributed by atoms with van der Waals surface area (Å²) in [6, 6.07) is 19.9.